The van der Waals surface area contributed by atoms with Crippen LogP contribution in [0, 0.1) is 5.82 Å². The minimum absolute atomic E-state index is 0.106. The molecule has 1 N–H and O–H groups in total. The summed E-state index contributed by atoms with van der Waals surface area (Å²) in [6, 6.07) is 14.9. The van der Waals surface area contributed by atoms with Crippen molar-refractivity contribution in [2.24, 2.45) is 0 Å². The Bertz CT molecular complexity index is 1140. The predicted molar refractivity (Wildman–Crippen MR) is 97.6 cm³/mol. The molecule has 2 aromatic heterocycles. The average Bonchev–Trinajstić information content (AvgIpc) is 3.06. The van der Waals surface area contributed by atoms with Gasteiger partial charge in [0.25, 0.3) is 5.91 Å². The van der Waals surface area contributed by atoms with Crippen LogP contribution in [0.5, 0.6) is 5.88 Å². The van der Waals surface area contributed by atoms with E-state index in [1.807, 2.05) is 12.1 Å². The van der Waals surface area contributed by atoms with E-state index in [4.69, 9.17) is 4.74 Å². The number of rotatable bonds is 4. The largest absolute Gasteiger partial charge is 0.481 e. The fourth-order valence-electron chi connectivity index (χ4n) is 2.73. The van der Waals surface area contributed by atoms with Gasteiger partial charge in [0, 0.05) is 6.07 Å². The number of aromatic nitrogens is 4. The summed E-state index contributed by atoms with van der Waals surface area (Å²) in [7, 11) is 1.45. The van der Waals surface area contributed by atoms with Gasteiger partial charge in [-0.15, -0.1) is 0 Å². The molecule has 0 spiro atoms. The summed E-state index contributed by atoms with van der Waals surface area (Å²) in [6.07, 6.45) is 1.23. The third-order valence-corrected chi connectivity index (χ3v) is 3.96. The summed E-state index contributed by atoms with van der Waals surface area (Å²) in [5.41, 5.74) is 1.67. The monoisotopic (exact) mass is 363 g/mol. The van der Waals surface area contributed by atoms with Gasteiger partial charge in [-0.2, -0.15) is 0 Å². The highest BCUT2D eigenvalue weighted by atomic mass is 19.1. The molecular formula is C19H14FN5O2. The molecule has 4 aromatic rings. The SMILES string of the molecule is COc1cc(C(=O)Nc2nc3ccccc3n2-c2ccccc2F)ncn1. The first kappa shape index (κ1) is 16.6. The molecule has 0 saturated carbocycles. The maximum absolute atomic E-state index is 14.4. The quantitative estimate of drug-likeness (QED) is 0.602. The number of methoxy groups -OCH3 is 1. The Morgan fingerprint density at radius 2 is 1.89 bits per heavy atom. The highest BCUT2D eigenvalue weighted by molar-refractivity contribution is 6.03. The van der Waals surface area contributed by atoms with Gasteiger partial charge in [-0.1, -0.05) is 24.3 Å². The van der Waals surface area contributed by atoms with Crippen LogP contribution in [0.25, 0.3) is 16.7 Å². The highest BCUT2D eigenvalue weighted by Crippen LogP contribution is 2.26. The Kier molecular flexibility index (Phi) is 4.21. The first-order valence-electron chi connectivity index (χ1n) is 8.07. The summed E-state index contributed by atoms with van der Waals surface area (Å²) in [4.78, 5) is 24.9. The highest BCUT2D eigenvalue weighted by Gasteiger charge is 2.18. The molecular weight excluding hydrogens is 349 g/mol. The lowest BCUT2D eigenvalue weighted by Crippen LogP contribution is -2.17. The number of ether oxygens (including phenoxy) is 1. The number of fused-ring (bicyclic) bond motifs is 1. The Hall–Kier alpha value is -3.81. The van der Waals surface area contributed by atoms with E-state index in [9.17, 15) is 9.18 Å². The minimum atomic E-state index is -0.511. The van der Waals surface area contributed by atoms with Gasteiger partial charge in [0.05, 0.1) is 23.8 Å². The zero-order chi connectivity index (χ0) is 18.8. The van der Waals surface area contributed by atoms with Gasteiger partial charge >= 0.3 is 0 Å². The summed E-state index contributed by atoms with van der Waals surface area (Å²) in [5.74, 6) is -0.495. The van der Waals surface area contributed by atoms with Crippen molar-refractivity contribution in [2.45, 2.75) is 0 Å². The molecule has 0 aliphatic rings. The van der Waals surface area contributed by atoms with Crippen LogP contribution >= 0.6 is 0 Å². The Balaban J connectivity index is 1.81. The number of imidazole rings is 1. The fraction of sp³-hybridized carbons (Fsp3) is 0.0526. The number of nitrogens with zero attached hydrogens (tertiary/aromatic N) is 4. The van der Waals surface area contributed by atoms with Crippen LogP contribution in [-0.4, -0.2) is 32.5 Å². The van der Waals surface area contributed by atoms with Crippen LogP contribution in [-0.2, 0) is 0 Å². The van der Waals surface area contributed by atoms with Crippen molar-refractivity contribution >= 4 is 22.9 Å². The number of halogens is 1. The number of carbonyl (C=O) groups excluding carboxylic acids is 1. The van der Waals surface area contributed by atoms with Gasteiger partial charge in [0.1, 0.15) is 17.8 Å². The molecule has 0 fully saturated rings. The summed E-state index contributed by atoms with van der Waals surface area (Å²) in [5, 5.41) is 2.69. The van der Waals surface area contributed by atoms with E-state index in [1.165, 1.54) is 25.6 Å². The Morgan fingerprint density at radius 1 is 1.11 bits per heavy atom. The topological polar surface area (TPSA) is 81.9 Å². The van der Waals surface area contributed by atoms with Crippen molar-refractivity contribution in [1.29, 1.82) is 0 Å². The first-order chi connectivity index (χ1) is 13.2. The van der Waals surface area contributed by atoms with E-state index in [1.54, 1.807) is 34.9 Å². The Labute approximate surface area is 153 Å². The molecule has 27 heavy (non-hydrogen) atoms. The number of hydrogen-bond acceptors (Lipinski definition) is 5. The van der Waals surface area contributed by atoms with Crippen molar-refractivity contribution in [2.75, 3.05) is 12.4 Å². The van der Waals surface area contributed by atoms with Crippen LogP contribution < -0.4 is 10.1 Å². The van der Waals surface area contributed by atoms with Crippen LogP contribution in [0.2, 0.25) is 0 Å². The number of amides is 1. The summed E-state index contributed by atoms with van der Waals surface area (Å²) in [6.45, 7) is 0. The second-order valence-electron chi connectivity index (χ2n) is 5.61. The molecule has 0 unspecified atom stereocenters. The molecule has 2 aromatic carbocycles. The molecule has 0 aliphatic carbocycles. The zero-order valence-electron chi connectivity index (χ0n) is 14.3. The van der Waals surface area contributed by atoms with Gasteiger partial charge in [-0.3, -0.25) is 14.7 Å². The molecule has 0 atom stereocenters. The molecule has 0 aliphatic heterocycles. The number of para-hydroxylation sites is 3. The molecule has 0 saturated heterocycles. The lowest BCUT2D eigenvalue weighted by molar-refractivity contribution is 0.102. The van der Waals surface area contributed by atoms with Crippen LogP contribution in [0.3, 0.4) is 0 Å². The number of nitrogens with one attached hydrogen (secondary N) is 1. The van der Waals surface area contributed by atoms with Gasteiger partial charge < -0.3 is 4.74 Å². The molecule has 4 rings (SSSR count). The van der Waals surface area contributed by atoms with Gasteiger partial charge in [-0.05, 0) is 24.3 Å². The van der Waals surface area contributed by atoms with Gasteiger partial charge in [0.2, 0.25) is 11.8 Å². The minimum Gasteiger partial charge on any atom is -0.481 e. The third-order valence-electron chi connectivity index (χ3n) is 3.96. The number of benzene rings is 2. The summed E-state index contributed by atoms with van der Waals surface area (Å²) < 4.78 is 21.0. The van der Waals surface area contributed by atoms with Crippen molar-refractivity contribution < 1.29 is 13.9 Å². The fourth-order valence-corrected chi connectivity index (χ4v) is 2.73. The molecule has 1 amide bonds. The maximum Gasteiger partial charge on any atom is 0.276 e. The van der Waals surface area contributed by atoms with E-state index in [0.717, 1.165) is 0 Å². The van der Waals surface area contributed by atoms with Crippen molar-refractivity contribution in [1.82, 2.24) is 19.5 Å². The molecule has 2 heterocycles. The van der Waals surface area contributed by atoms with Crippen LogP contribution in [0.4, 0.5) is 10.3 Å². The van der Waals surface area contributed by atoms with E-state index < -0.39 is 11.7 Å². The predicted octanol–water partition coefficient (Wildman–Crippen LogP) is 3.22. The number of hydrogen-bond donors (Lipinski definition) is 1. The third kappa shape index (κ3) is 3.08. The lowest BCUT2D eigenvalue weighted by Gasteiger charge is -2.11. The average molecular weight is 363 g/mol. The van der Waals surface area contributed by atoms with E-state index in [-0.39, 0.29) is 23.2 Å². The maximum atomic E-state index is 14.4. The normalized spacial score (nSPS) is 10.7. The van der Waals surface area contributed by atoms with Crippen molar-refractivity contribution in [3.63, 3.8) is 0 Å². The number of carbonyl (C=O) groups is 1. The molecule has 0 radical (unpaired) electrons. The van der Waals surface area contributed by atoms with E-state index >= 15 is 0 Å². The molecule has 0 bridgehead atoms. The second kappa shape index (κ2) is 6.83. The van der Waals surface area contributed by atoms with Crippen molar-refractivity contribution in [3.05, 3.63) is 72.4 Å². The number of anilines is 1. The van der Waals surface area contributed by atoms with E-state index in [2.05, 4.69) is 20.3 Å². The standard InChI is InChI=1S/C19H14FN5O2/c1-27-17-10-14(21-11-22-17)18(26)24-19-23-13-7-3-5-9-16(13)25(19)15-8-4-2-6-12(15)20/h2-11H,1H3,(H,23,24,26). The van der Waals surface area contributed by atoms with Crippen LogP contribution in [0.1, 0.15) is 10.5 Å². The Morgan fingerprint density at radius 3 is 2.70 bits per heavy atom. The summed E-state index contributed by atoms with van der Waals surface area (Å²) >= 11 is 0. The second-order valence-corrected chi connectivity index (χ2v) is 5.61. The first-order valence-corrected chi connectivity index (χ1v) is 8.07. The van der Waals surface area contributed by atoms with Gasteiger partial charge in [0.15, 0.2) is 0 Å². The molecule has 7 nitrogen and oxygen atoms in total. The van der Waals surface area contributed by atoms with Crippen LogP contribution in [0.15, 0.2) is 60.9 Å². The van der Waals surface area contributed by atoms with Crippen molar-refractivity contribution in [3.8, 4) is 11.6 Å². The molecule has 8 heteroatoms. The molecule has 134 valence electrons. The lowest BCUT2D eigenvalue weighted by atomic mass is 10.2. The zero-order valence-corrected chi connectivity index (χ0v) is 14.3. The van der Waals surface area contributed by atoms with Gasteiger partial charge in [-0.25, -0.2) is 19.3 Å². The smallest absolute Gasteiger partial charge is 0.276 e. The van der Waals surface area contributed by atoms with E-state index in [0.29, 0.717) is 11.0 Å².